The molecule has 5 nitrogen and oxygen atoms in total. The number of halogens is 4. The van der Waals surface area contributed by atoms with E-state index in [2.05, 4.69) is 5.32 Å². The van der Waals surface area contributed by atoms with Crippen LogP contribution in [0, 0.1) is 5.82 Å². The molecule has 178 valence electrons. The fraction of sp³-hybridized carbons (Fsp3) is 0.240. The summed E-state index contributed by atoms with van der Waals surface area (Å²) < 4.78 is 58.3. The van der Waals surface area contributed by atoms with Crippen molar-refractivity contribution in [3.8, 4) is 11.1 Å². The third kappa shape index (κ3) is 4.76. The summed E-state index contributed by atoms with van der Waals surface area (Å²) in [5.74, 6) is -1.20. The summed E-state index contributed by atoms with van der Waals surface area (Å²) in [7, 11) is 0. The Morgan fingerprint density at radius 3 is 2.15 bits per heavy atom. The molecule has 0 fully saturated rings. The fourth-order valence-electron chi connectivity index (χ4n) is 4.19. The Bertz CT molecular complexity index is 1150. The molecule has 3 N–H and O–H groups in total. The molecule has 0 radical (unpaired) electrons. The third-order valence-corrected chi connectivity index (χ3v) is 5.80. The van der Waals surface area contributed by atoms with Crippen molar-refractivity contribution in [1.82, 2.24) is 5.32 Å². The van der Waals surface area contributed by atoms with E-state index >= 15 is 0 Å². The van der Waals surface area contributed by atoms with E-state index in [1.807, 2.05) is 48.5 Å². The van der Waals surface area contributed by atoms with E-state index in [1.165, 1.54) is 0 Å². The maximum atomic E-state index is 13.5. The summed E-state index contributed by atoms with van der Waals surface area (Å²) in [4.78, 5) is 12.2. The van der Waals surface area contributed by atoms with Gasteiger partial charge in [0, 0.05) is 12.5 Å². The number of fused-ring (bicyclic) bond motifs is 3. The lowest BCUT2D eigenvalue weighted by Gasteiger charge is -2.22. The van der Waals surface area contributed by atoms with Crippen molar-refractivity contribution in [2.45, 2.75) is 24.3 Å². The van der Waals surface area contributed by atoms with Crippen molar-refractivity contribution < 1.29 is 37.3 Å². The largest absolute Gasteiger partial charge is 0.449 e. The molecule has 0 saturated carbocycles. The highest BCUT2D eigenvalue weighted by atomic mass is 19.4. The number of hydrogen-bond donors (Lipinski definition) is 3. The number of alkyl carbamates (subject to hydrolysis) is 1. The SMILES string of the molecule is O=C(NCC(O)C(O)c1cc(F)ccc1C(F)(F)F)OCC1c2ccccc2-c2ccccc21. The highest BCUT2D eigenvalue weighted by Gasteiger charge is 2.37. The van der Waals surface area contributed by atoms with Crippen LogP contribution in [-0.2, 0) is 10.9 Å². The number of carbonyl (C=O) groups is 1. The van der Waals surface area contributed by atoms with Crippen LogP contribution >= 0.6 is 0 Å². The zero-order valence-corrected chi connectivity index (χ0v) is 17.7. The van der Waals surface area contributed by atoms with Crippen LogP contribution in [0.4, 0.5) is 22.4 Å². The summed E-state index contributed by atoms with van der Waals surface area (Å²) in [6, 6.07) is 17.1. The molecular weight excluding hydrogens is 454 g/mol. The minimum Gasteiger partial charge on any atom is -0.449 e. The van der Waals surface area contributed by atoms with E-state index in [0.717, 1.165) is 22.3 Å². The predicted molar refractivity (Wildman–Crippen MR) is 115 cm³/mol. The molecule has 0 heterocycles. The molecule has 1 amide bonds. The molecule has 1 aliphatic carbocycles. The Hall–Kier alpha value is -3.43. The highest BCUT2D eigenvalue weighted by Crippen LogP contribution is 2.44. The zero-order valence-electron chi connectivity index (χ0n) is 17.7. The number of aliphatic hydroxyl groups excluding tert-OH is 2. The molecule has 0 spiro atoms. The Morgan fingerprint density at radius 1 is 0.971 bits per heavy atom. The number of aliphatic hydroxyl groups is 2. The third-order valence-electron chi connectivity index (χ3n) is 5.80. The van der Waals surface area contributed by atoms with Crippen LogP contribution in [-0.4, -0.2) is 35.6 Å². The number of benzene rings is 3. The number of hydrogen-bond acceptors (Lipinski definition) is 4. The van der Waals surface area contributed by atoms with E-state index in [4.69, 9.17) is 4.74 Å². The van der Waals surface area contributed by atoms with Gasteiger partial charge in [0.25, 0.3) is 0 Å². The van der Waals surface area contributed by atoms with Crippen molar-refractivity contribution in [1.29, 1.82) is 0 Å². The molecule has 0 bridgehead atoms. The molecule has 2 unspecified atom stereocenters. The zero-order chi connectivity index (χ0) is 24.5. The predicted octanol–water partition coefficient (Wildman–Crippen LogP) is 4.78. The number of nitrogens with one attached hydrogen (secondary N) is 1. The fourth-order valence-corrected chi connectivity index (χ4v) is 4.19. The number of carbonyl (C=O) groups excluding carboxylic acids is 1. The molecule has 9 heteroatoms. The summed E-state index contributed by atoms with van der Waals surface area (Å²) in [6.45, 7) is -0.605. The van der Waals surface area contributed by atoms with Crippen molar-refractivity contribution in [2.75, 3.05) is 13.2 Å². The van der Waals surface area contributed by atoms with Gasteiger partial charge in [0.2, 0.25) is 0 Å². The van der Waals surface area contributed by atoms with Gasteiger partial charge >= 0.3 is 12.3 Å². The van der Waals surface area contributed by atoms with Gasteiger partial charge in [-0.1, -0.05) is 48.5 Å². The van der Waals surface area contributed by atoms with Crippen LogP contribution in [0.25, 0.3) is 11.1 Å². The summed E-state index contributed by atoms with van der Waals surface area (Å²) in [5, 5.41) is 22.5. The van der Waals surface area contributed by atoms with Crippen molar-refractivity contribution in [3.05, 3.63) is 94.8 Å². The Labute approximate surface area is 192 Å². The minimum absolute atomic E-state index is 0.000622. The molecule has 1 aliphatic rings. The van der Waals surface area contributed by atoms with Crippen molar-refractivity contribution in [3.63, 3.8) is 0 Å². The average Bonchev–Trinajstić information content (AvgIpc) is 3.13. The van der Waals surface area contributed by atoms with Gasteiger partial charge in [0.05, 0.1) is 5.56 Å². The van der Waals surface area contributed by atoms with Gasteiger partial charge in [-0.05, 0) is 46.0 Å². The maximum absolute atomic E-state index is 13.5. The first kappa shape index (κ1) is 23.7. The maximum Gasteiger partial charge on any atom is 0.416 e. The highest BCUT2D eigenvalue weighted by molar-refractivity contribution is 5.79. The van der Waals surface area contributed by atoms with Gasteiger partial charge in [-0.25, -0.2) is 9.18 Å². The topological polar surface area (TPSA) is 78.8 Å². The average molecular weight is 475 g/mol. The number of alkyl halides is 3. The molecule has 3 aromatic rings. The lowest BCUT2D eigenvalue weighted by molar-refractivity contribution is -0.140. The van der Waals surface area contributed by atoms with Crippen LogP contribution in [0.15, 0.2) is 66.7 Å². The normalized spacial score (nSPS) is 14.8. The van der Waals surface area contributed by atoms with E-state index in [1.54, 1.807) is 0 Å². The lowest BCUT2D eigenvalue weighted by atomic mass is 9.98. The Morgan fingerprint density at radius 2 is 1.56 bits per heavy atom. The molecule has 4 rings (SSSR count). The van der Waals surface area contributed by atoms with E-state index < -0.39 is 48.0 Å². The molecule has 0 aliphatic heterocycles. The second-order valence-corrected chi connectivity index (χ2v) is 7.95. The number of amides is 1. The van der Waals surface area contributed by atoms with Gasteiger partial charge in [-0.15, -0.1) is 0 Å². The van der Waals surface area contributed by atoms with Crippen LogP contribution in [0.3, 0.4) is 0 Å². The van der Waals surface area contributed by atoms with Crippen molar-refractivity contribution in [2.24, 2.45) is 0 Å². The van der Waals surface area contributed by atoms with E-state index in [0.29, 0.717) is 18.2 Å². The molecule has 34 heavy (non-hydrogen) atoms. The quantitative estimate of drug-likeness (QED) is 0.449. The minimum atomic E-state index is -4.86. The van der Waals surface area contributed by atoms with Crippen LogP contribution in [0.1, 0.15) is 34.3 Å². The second kappa shape index (κ2) is 9.44. The number of ether oxygens (including phenoxy) is 1. The Kier molecular flexibility index (Phi) is 6.58. The standard InChI is InChI=1S/C25H21F4NO4/c26-14-9-10-21(25(27,28)29)19(11-14)23(32)22(31)12-30-24(33)34-13-20-17-7-3-1-5-15(17)16-6-2-4-8-18(16)20/h1-11,20,22-23,31-32H,12-13H2,(H,30,33). The smallest absolute Gasteiger partial charge is 0.416 e. The molecule has 0 saturated heterocycles. The van der Waals surface area contributed by atoms with Crippen LogP contribution < -0.4 is 5.32 Å². The second-order valence-electron chi connectivity index (χ2n) is 7.95. The molecule has 3 aromatic carbocycles. The van der Waals surface area contributed by atoms with Crippen molar-refractivity contribution >= 4 is 6.09 Å². The van der Waals surface area contributed by atoms with Gasteiger partial charge < -0.3 is 20.3 Å². The van der Waals surface area contributed by atoms with Gasteiger partial charge in [-0.3, -0.25) is 0 Å². The van der Waals surface area contributed by atoms with Gasteiger partial charge in [-0.2, -0.15) is 13.2 Å². The molecular formula is C25H21F4NO4. The van der Waals surface area contributed by atoms with Gasteiger partial charge in [0.15, 0.2) is 0 Å². The first-order valence-electron chi connectivity index (χ1n) is 10.5. The van der Waals surface area contributed by atoms with E-state index in [-0.39, 0.29) is 12.5 Å². The summed E-state index contributed by atoms with van der Waals surface area (Å²) in [5.41, 5.74) is 1.98. The first-order chi connectivity index (χ1) is 16.2. The monoisotopic (exact) mass is 475 g/mol. The van der Waals surface area contributed by atoms with Gasteiger partial charge in [0.1, 0.15) is 24.6 Å². The van der Waals surface area contributed by atoms with Crippen LogP contribution in [0.5, 0.6) is 0 Å². The lowest BCUT2D eigenvalue weighted by Crippen LogP contribution is -2.36. The summed E-state index contributed by atoms with van der Waals surface area (Å²) in [6.07, 6.45) is -9.68. The Balaban J connectivity index is 1.38. The number of rotatable bonds is 6. The first-order valence-corrected chi connectivity index (χ1v) is 10.5. The summed E-state index contributed by atoms with van der Waals surface area (Å²) >= 11 is 0. The van der Waals surface area contributed by atoms with E-state index in [9.17, 15) is 32.6 Å². The molecule has 2 atom stereocenters. The van der Waals surface area contributed by atoms with Crippen LogP contribution in [0.2, 0.25) is 0 Å². The molecule has 0 aromatic heterocycles.